The van der Waals surface area contributed by atoms with Gasteiger partial charge in [0.2, 0.25) is 0 Å². The summed E-state index contributed by atoms with van der Waals surface area (Å²) in [5.41, 5.74) is 0.121. The van der Waals surface area contributed by atoms with Gasteiger partial charge in [0.1, 0.15) is 11.8 Å². The van der Waals surface area contributed by atoms with Gasteiger partial charge in [0, 0.05) is 5.02 Å². The Kier molecular flexibility index (Phi) is 7.44. The van der Waals surface area contributed by atoms with E-state index in [0.29, 0.717) is 5.02 Å². The van der Waals surface area contributed by atoms with Gasteiger partial charge in [0.25, 0.3) is 0 Å². The smallest absolute Gasteiger partial charge is 0.368 e. The lowest BCUT2D eigenvalue weighted by Crippen LogP contribution is -2.30. The molecule has 24 heavy (non-hydrogen) atoms. The largest absolute Gasteiger partial charge is 0.459 e. The molecule has 0 atom stereocenters. The van der Waals surface area contributed by atoms with Crippen molar-refractivity contribution >= 4 is 69.7 Å². The van der Waals surface area contributed by atoms with Crippen molar-refractivity contribution in [1.29, 1.82) is 0 Å². The fourth-order valence-corrected chi connectivity index (χ4v) is 3.42. The Morgan fingerprint density at radius 2 is 1.58 bits per heavy atom. The summed E-state index contributed by atoms with van der Waals surface area (Å²) in [5.74, 6) is -0.859. The predicted octanol–water partition coefficient (Wildman–Crippen LogP) is 7.13. The first-order chi connectivity index (χ1) is 11.3. The molecule has 1 aliphatic carbocycles. The molecule has 1 saturated carbocycles. The molecule has 0 radical (unpaired) electrons. The van der Waals surface area contributed by atoms with Crippen LogP contribution in [-0.2, 0) is 9.53 Å². The van der Waals surface area contributed by atoms with Crippen molar-refractivity contribution < 1.29 is 9.53 Å². The minimum atomic E-state index is -2.17. The second-order valence-electron chi connectivity index (χ2n) is 5.48. The zero-order valence-electron chi connectivity index (χ0n) is 12.6. The third-order valence-corrected chi connectivity index (χ3v) is 4.83. The van der Waals surface area contributed by atoms with Crippen LogP contribution in [-0.4, -0.2) is 16.5 Å². The van der Waals surface area contributed by atoms with Crippen molar-refractivity contribution in [3.8, 4) is 0 Å². The Labute approximate surface area is 165 Å². The number of esters is 1. The Morgan fingerprint density at radius 1 is 1.04 bits per heavy atom. The molecule has 132 valence electrons. The predicted molar refractivity (Wildman–Crippen MR) is 98.0 cm³/mol. The summed E-state index contributed by atoms with van der Waals surface area (Å²) < 4.78 is 3.19. The van der Waals surface area contributed by atoms with Crippen molar-refractivity contribution in [2.24, 2.45) is 10.2 Å². The van der Waals surface area contributed by atoms with Crippen LogP contribution in [0.3, 0.4) is 0 Å². The van der Waals surface area contributed by atoms with E-state index in [1.807, 2.05) is 0 Å². The average Bonchev–Trinajstić information content (AvgIpc) is 2.74. The van der Waals surface area contributed by atoms with Gasteiger partial charge in [-0.25, -0.2) is 4.79 Å². The molecule has 0 amide bonds. The van der Waals surface area contributed by atoms with Gasteiger partial charge < -0.3 is 4.74 Å². The summed E-state index contributed by atoms with van der Waals surface area (Å²) in [6.07, 6.45) is 5.67. The molecule has 1 aromatic carbocycles. The van der Waals surface area contributed by atoms with Gasteiger partial charge in [-0.15, -0.1) is 10.2 Å². The molecule has 1 fully saturated rings. The SMILES string of the molecule is O=C(OC1CCCCCC1)C(Cl)(Cl)N=Nc1c(Cl)cc(Cl)cc1Cl. The van der Waals surface area contributed by atoms with Crippen LogP contribution in [0.1, 0.15) is 38.5 Å². The molecule has 2 rings (SSSR count). The fraction of sp³-hybridized carbons (Fsp3) is 0.533. The Balaban J connectivity index is 2.07. The summed E-state index contributed by atoms with van der Waals surface area (Å²) in [5, 5.41) is 8.10. The van der Waals surface area contributed by atoms with Gasteiger partial charge in [0.15, 0.2) is 0 Å². The molecule has 1 aliphatic rings. The number of hydrogen-bond acceptors (Lipinski definition) is 4. The normalized spacial score (nSPS) is 17.0. The van der Waals surface area contributed by atoms with Gasteiger partial charge in [0.05, 0.1) is 10.0 Å². The van der Waals surface area contributed by atoms with Crippen molar-refractivity contribution in [3.05, 3.63) is 27.2 Å². The molecule has 0 bridgehead atoms. The summed E-state index contributed by atoms with van der Waals surface area (Å²) in [6.45, 7) is 0. The third kappa shape index (κ3) is 5.63. The first kappa shape index (κ1) is 20.1. The van der Waals surface area contributed by atoms with E-state index in [1.165, 1.54) is 12.1 Å². The number of hydrogen-bond donors (Lipinski definition) is 0. The lowest BCUT2D eigenvalue weighted by atomic mass is 10.1. The number of carbonyl (C=O) groups excluding carboxylic acids is 1. The van der Waals surface area contributed by atoms with Crippen LogP contribution in [0.5, 0.6) is 0 Å². The number of ether oxygens (including phenoxy) is 1. The van der Waals surface area contributed by atoms with Crippen LogP contribution in [0.2, 0.25) is 15.1 Å². The number of azo groups is 1. The van der Waals surface area contributed by atoms with Crippen molar-refractivity contribution in [2.45, 2.75) is 49.1 Å². The van der Waals surface area contributed by atoms with E-state index >= 15 is 0 Å². The molecule has 0 aliphatic heterocycles. The fourth-order valence-electron chi connectivity index (χ4n) is 2.37. The van der Waals surface area contributed by atoms with E-state index in [0.717, 1.165) is 38.5 Å². The van der Waals surface area contributed by atoms with Gasteiger partial charge in [-0.1, -0.05) is 70.8 Å². The average molecular weight is 433 g/mol. The van der Waals surface area contributed by atoms with E-state index in [1.54, 1.807) is 0 Å². The van der Waals surface area contributed by atoms with Crippen LogP contribution in [0, 0.1) is 0 Å². The molecular weight excluding hydrogens is 417 g/mol. The van der Waals surface area contributed by atoms with E-state index in [-0.39, 0.29) is 21.8 Å². The van der Waals surface area contributed by atoms with E-state index in [4.69, 9.17) is 62.7 Å². The highest BCUT2D eigenvalue weighted by Gasteiger charge is 2.38. The molecule has 0 aromatic heterocycles. The monoisotopic (exact) mass is 430 g/mol. The first-order valence-corrected chi connectivity index (χ1v) is 9.35. The van der Waals surface area contributed by atoms with E-state index in [9.17, 15) is 4.79 Å². The van der Waals surface area contributed by atoms with Crippen molar-refractivity contribution in [3.63, 3.8) is 0 Å². The van der Waals surface area contributed by atoms with Crippen LogP contribution >= 0.6 is 58.0 Å². The number of benzene rings is 1. The van der Waals surface area contributed by atoms with Crippen molar-refractivity contribution in [2.75, 3.05) is 0 Å². The molecule has 0 unspecified atom stereocenters. The Hall–Kier alpha value is -0.260. The van der Waals surface area contributed by atoms with Gasteiger partial charge in [-0.05, 0) is 37.8 Å². The van der Waals surface area contributed by atoms with Crippen LogP contribution in [0.4, 0.5) is 5.69 Å². The maximum atomic E-state index is 12.2. The molecule has 0 spiro atoms. The quantitative estimate of drug-likeness (QED) is 0.167. The highest BCUT2D eigenvalue weighted by atomic mass is 35.5. The number of halogens is 5. The van der Waals surface area contributed by atoms with Crippen LogP contribution in [0.25, 0.3) is 0 Å². The first-order valence-electron chi connectivity index (χ1n) is 7.46. The molecule has 0 N–H and O–H groups in total. The summed E-state index contributed by atoms with van der Waals surface area (Å²) in [6, 6.07) is 2.88. The maximum Gasteiger partial charge on any atom is 0.368 e. The number of nitrogens with zero attached hydrogens (tertiary/aromatic N) is 2. The molecule has 1 aromatic rings. The Morgan fingerprint density at radius 3 is 2.12 bits per heavy atom. The Bertz CT molecular complexity index is 605. The minimum Gasteiger partial charge on any atom is -0.459 e. The standard InChI is InChI=1S/C15H15Cl5N2O2/c16-9-7-11(17)13(12(18)8-9)21-22-15(19,20)14(23)24-10-5-3-1-2-4-6-10/h7-8,10H,1-6H2. The molecule has 0 heterocycles. The molecule has 4 nitrogen and oxygen atoms in total. The zero-order chi connectivity index (χ0) is 17.7. The topological polar surface area (TPSA) is 51.0 Å². The summed E-state index contributed by atoms with van der Waals surface area (Å²) >= 11 is 29.7. The maximum absolute atomic E-state index is 12.2. The summed E-state index contributed by atoms with van der Waals surface area (Å²) in [7, 11) is 0. The number of alkyl halides is 2. The molecular formula is C15H15Cl5N2O2. The highest BCUT2D eigenvalue weighted by Crippen LogP contribution is 2.38. The van der Waals surface area contributed by atoms with Gasteiger partial charge in [-0.3, -0.25) is 0 Å². The minimum absolute atomic E-state index is 0.121. The zero-order valence-corrected chi connectivity index (χ0v) is 16.4. The number of rotatable bonds is 4. The second-order valence-corrected chi connectivity index (χ2v) is 8.02. The van der Waals surface area contributed by atoms with E-state index in [2.05, 4.69) is 10.2 Å². The van der Waals surface area contributed by atoms with Crippen molar-refractivity contribution in [1.82, 2.24) is 0 Å². The lowest BCUT2D eigenvalue weighted by molar-refractivity contribution is -0.150. The third-order valence-electron chi connectivity index (χ3n) is 3.58. The molecule has 9 heteroatoms. The van der Waals surface area contributed by atoms with Gasteiger partial charge >= 0.3 is 10.4 Å². The van der Waals surface area contributed by atoms with Crippen LogP contribution in [0.15, 0.2) is 22.4 Å². The van der Waals surface area contributed by atoms with E-state index < -0.39 is 10.4 Å². The number of carbonyl (C=O) groups is 1. The second kappa shape index (κ2) is 8.91. The highest BCUT2D eigenvalue weighted by molar-refractivity contribution is 6.57. The molecule has 0 saturated heterocycles. The lowest BCUT2D eigenvalue weighted by Gasteiger charge is -2.19. The van der Waals surface area contributed by atoms with Crippen LogP contribution < -0.4 is 0 Å². The summed E-state index contributed by atoms with van der Waals surface area (Å²) in [4.78, 5) is 12.2. The van der Waals surface area contributed by atoms with Gasteiger partial charge in [-0.2, -0.15) is 0 Å².